The summed E-state index contributed by atoms with van der Waals surface area (Å²) >= 11 is 0. The standard InChI is InChI=1S/C56H107NO8/c1-6-8-10-12-13-14-15-16-17-18-19-20-21-22-23-24-25-26-27-28-29-30-31-32-33-34-35-36-37-38-39-40-41-43-45-47-54(59)65-52(50-63-53(58)46-44-42-11-9-7-2)51-64-56(55(60)61)62-49-48-57(3,4)5/h18-19,52,56H,6-17,20-51H2,1-5H3/b19-18-. The molecule has 2 unspecified atom stereocenters. The largest absolute Gasteiger partial charge is 0.545 e. The van der Waals surface area contributed by atoms with Gasteiger partial charge in [-0.25, -0.2) is 0 Å². The second-order valence-corrected chi connectivity index (χ2v) is 20.2. The van der Waals surface area contributed by atoms with Crippen LogP contribution in [0.25, 0.3) is 0 Å². The second-order valence-electron chi connectivity index (χ2n) is 20.2. The number of likely N-dealkylation sites (N-methyl/N-ethyl adjacent to an activating group) is 1. The minimum atomic E-state index is -1.61. The summed E-state index contributed by atoms with van der Waals surface area (Å²) in [7, 11) is 5.91. The number of carbonyl (C=O) groups excluding carboxylic acids is 3. The van der Waals surface area contributed by atoms with Gasteiger partial charge < -0.3 is 33.3 Å². The first kappa shape index (κ1) is 63.0. The van der Waals surface area contributed by atoms with Gasteiger partial charge in [0.1, 0.15) is 13.2 Å². The third kappa shape index (κ3) is 49.8. The average molecular weight is 922 g/mol. The van der Waals surface area contributed by atoms with Crippen molar-refractivity contribution < 1.29 is 42.9 Å². The number of esters is 2. The molecule has 0 rings (SSSR count). The van der Waals surface area contributed by atoms with Crippen molar-refractivity contribution in [3.63, 3.8) is 0 Å². The zero-order valence-electron chi connectivity index (χ0n) is 43.6. The fourth-order valence-corrected chi connectivity index (χ4v) is 8.18. The predicted octanol–water partition coefficient (Wildman–Crippen LogP) is 14.5. The molecule has 0 fully saturated rings. The predicted molar refractivity (Wildman–Crippen MR) is 270 cm³/mol. The molecule has 0 bridgehead atoms. The molecule has 0 heterocycles. The van der Waals surface area contributed by atoms with Gasteiger partial charge >= 0.3 is 11.9 Å². The molecule has 9 heteroatoms. The van der Waals surface area contributed by atoms with Crippen LogP contribution in [0.1, 0.15) is 271 Å². The fourth-order valence-electron chi connectivity index (χ4n) is 8.18. The minimum absolute atomic E-state index is 0.151. The van der Waals surface area contributed by atoms with Crippen molar-refractivity contribution >= 4 is 17.9 Å². The van der Waals surface area contributed by atoms with Crippen LogP contribution in [0.3, 0.4) is 0 Å². The summed E-state index contributed by atoms with van der Waals surface area (Å²) in [5, 5.41) is 11.7. The number of carboxylic acids is 1. The number of unbranched alkanes of at least 4 members (excludes halogenated alkanes) is 35. The monoisotopic (exact) mass is 922 g/mol. The molecule has 9 nitrogen and oxygen atoms in total. The van der Waals surface area contributed by atoms with Crippen molar-refractivity contribution in [3.05, 3.63) is 12.2 Å². The Kier molecular flexibility index (Phi) is 47.0. The van der Waals surface area contributed by atoms with Gasteiger partial charge in [-0.2, -0.15) is 0 Å². The molecule has 0 N–H and O–H groups in total. The van der Waals surface area contributed by atoms with E-state index in [1.165, 1.54) is 193 Å². The van der Waals surface area contributed by atoms with Crippen molar-refractivity contribution in [2.24, 2.45) is 0 Å². The number of allylic oxidation sites excluding steroid dienone is 2. The lowest BCUT2D eigenvalue weighted by atomic mass is 10.0. The van der Waals surface area contributed by atoms with E-state index in [2.05, 4.69) is 26.0 Å². The highest BCUT2D eigenvalue weighted by atomic mass is 16.7. The maximum atomic E-state index is 12.7. The molecule has 65 heavy (non-hydrogen) atoms. The van der Waals surface area contributed by atoms with E-state index >= 15 is 0 Å². The van der Waals surface area contributed by atoms with E-state index in [0.29, 0.717) is 17.4 Å². The molecule has 0 saturated heterocycles. The van der Waals surface area contributed by atoms with Crippen LogP contribution in [0.15, 0.2) is 12.2 Å². The zero-order valence-corrected chi connectivity index (χ0v) is 43.6. The van der Waals surface area contributed by atoms with Gasteiger partial charge in [0.05, 0.1) is 40.3 Å². The van der Waals surface area contributed by atoms with Crippen LogP contribution in [0, 0.1) is 0 Å². The van der Waals surface area contributed by atoms with E-state index < -0.39 is 24.3 Å². The molecule has 0 aromatic heterocycles. The highest BCUT2D eigenvalue weighted by molar-refractivity contribution is 5.70. The Labute approximate surface area is 402 Å². The number of ether oxygens (including phenoxy) is 4. The lowest BCUT2D eigenvalue weighted by Gasteiger charge is -2.26. The maximum absolute atomic E-state index is 12.7. The van der Waals surface area contributed by atoms with Crippen LogP contribution >= 0.6 is 0 Å². The van der Waals surface area contributed by atoms with E-state index in [0.717, 1.165) is 51.4 Å². The molecule has 0 aromatic carbocycles. The Balaban J connectivity index is 3.81. The second kappa shape index (κ2) is 48.5. The SMILES string of the molecule is CCCCCCCCCC/C=C\CCCCCCCCCCCCCCCCCCCCCCCCCC(=O)OC(COC(=O)CCCCCCC)COC(OCC[N+](C)(C)C)C(=O)[O-]. The number of quaternary nitrogens is 1. The highest BCUT2D eigenvalue weighted by Gasteiger charge is 2.22. The summed E-state index contributed by atoms with van der Waals surface area (Å²) in [5.74, 6) is -2.28. The number of carboxylic acid groups (broad SMARTS) is 1. The number of aliphatic carboxylic acids is 1. The van der Waals surface area contributed by atoms with E-state index in [9.17, 15) is 19.5 Å². The molecule has 0 aliphatic heterocycles. The van der Waals surface area contributed by atoms with Crippen LogP contribution < -0.4 is 5.11 Å². The number of nitrogens with zero attached hydrogens (tertiary/aromatic N) is 1. The molecule has 0 radical (unpaired) electrons. The Morgan fingerprint density at radius 3 is 1.14 bits per heavy atom. The van der Waals surface area contributed by atoms with E-state index in [1.807, 2.05) is 21.1 Å². The van der Waals surface area contributed by atoms with Gasteiger partial charge in [-0.15, -0.1) is 0 Å². The molecule has 0 aliphatic rings. The van der Waals surface area contributed by atoms with Crippen LogP contribution in [0.5, 0.6) is 0 Å². The molecule has 384 valence electrons. The summed E-state index contributed by atoms with van der Waals surface area (Å²) < 4.78 is 22.4. The topological polar surface area (TPSA) is 111 Å². The Bertz CT molecular complexity index is 1070. The summed E-state index contributed by atoms with van der Waals surface area (Å²) in [6.45, 7) is 4.68. The first-order valence-corrected chi connectivity index (χ1v) is 27.8. The number of carbonyl (C=O) groups is 3. The van der Waals surface area contributed by atoms with E-state index in [4.69, 9.17) is 18.9 Å². The van der Waals surface area contributed by atoms with Crippen LogP contribution in [0.2, 0.25) is 0 Å². The molecule has 0 amide bonds. The van der Waals surface area contributed by atoms with Crippen molar-refractivity contribution in [2.75, 3.05) is 47.5 Å². The molecule has 2 atom stereocenters. The molecule has 0 spiro atoms. The van der Waals surface area contributed by atoms with Gasteiger partial charge in [0, 0.05) is 12.8 Å². The summed E-state index contributed by atoms with van der Waals surface area (Å²) in [4.78, 5) is 36.7. The Hall–Kier alpha value is -1.97. The maximum Gasteiger partial charge on any atom is 0.306 e. The fraction of sp³-hybridized carbons (Fsp3) is 0.911. The van der Waals surface area contributed by atoms with Gasteiger partial charge in [-0.1, -0.05) is 231 Å². The lowest BCUT2D eigenvalue weighted by molar-refractivity contribution is -0.870. The number of rotatable bonds is 52. The number of hydrogen-bond acceptors (Lipinski definition) is 8. The van der Waals surface area contributed by atoms with Crippen LogP contribution in [0.4, 0.5) is 0 Å². The molecule has 0 saturated carbocycles. The van der Waals surface area contributed by atoms with Gasteiger partial charge in [0.2, 0.25) is 0 Å². The zero-order chi connectivity index (χ0) is 47.7. The third-order valence-corrected chi connectivity index (χ3v) is 12.5. The Morgan fingerprint density at radius 1 is 0.446 bits per heavy atom. The van der Waals surface area contributed by atoms with E-state index in [-0.39, 0.29) is 32.2 Å². The van der Waals surface area contributed by atoms with Crippen LogP contribution in [-0.2, 0) is 33.3 Å². The van der Waals surface area contributed by atoms with Crippen molar-refractivity contribution in [2.45, 2.75) is 283 Å². The van der Waals surface area contributed by atoms with Crippen molar-refractivity contribution in [1.82, 2.24) is 0 Å². The molecule has 0 aromatic rings. The van der Waals surface area contributed by atoms with E-state index in [1.54, 1.807) is 0 Å². The van der Waals surface area contributed by atoms with Crippen LogP contribution in [-0.4, -0.2) is 82.3 Å². The van der Waals surface area contributed by atoms with Gasteiger partial charge in [-0.05, 0) is 38.5 Å². The first-order valence-electron chi connectivity index (χ1n) is 27.8. The molecule has 0 aliphatic carbocycles. The number of hydrogen-bond donors (Lipinski definition) is 0. The summed E-state index contributed by atoms with van der Waals surface area (Å²) in [5.41, 5.74) is 0. The first-order chi connectivity index (χ1) is 31.6. The molecular formula is C56H107NO8. The summed E-state index contributed by atoms with van der Waals surface area (Å²) in [6, 6.07) is 0. The average Bonchev–Trinajstić information content (AvgIpc) is 3.27. The Morgan fingerprint density at radius 2 is 0.785 bits per heavy atom. The van der Waals surface area contributed by atoms with Crippen molar-refractivity contribution in [1.29, 1.82) is 0 Å². The van der Waals surface area contributed by atoms with Crippen molar-refractivity contribution in [3.8, 4) is 0 Å². The smallest absolute Gasteiger partial charge is 0.306 e. The van der Waals surface area contributed by atoms with Gasteiger partial charge in [-0.3, -0.25) is 9.59 Å². The minimum Gasteiger partial charge on any atom is -0.545 e. The normalized spacial score (nSPS) is 12.8. The quantitative estimate of drug-likeness (QED) is 0.0195. The third-order valence-electron chi connectivity index (χ3n) is 12.5. The van der Waals surface area contributed by atoms with Gasteiger partial charge in [0.25, 0.3) is 0 Å². The van der Waals surface area contributed by atoms with Gasteiger partial charge in [0.15, 0.2) is 12.4 Å². The molecular weight excluding hydrogens is 815 g/mol. The summed E-state index contributed by atoms with van der Waals surface area (Å²) in [6.07, 6.45) is 52.0. The lowest BCUT2D eigenvalue weighted by Crippen LogP contribution is -2.44. The highest BCUT2D eigenvalue weighted by Crippen LogP contribution is 2.17.